The van der Waals surface area contributed by atoms with Gasteiger partial charge in [0.25, 0.3) is 0 Å². The van der Waals surface area contributed by atoms with Gasteiger partial charge in [-0.25, -0.2) is 4.98 Å². The molecule has 2 saturated heterocycles. The van der Waals surface area contributed by atoms with Crippen molar-refractivity contribution in [3.8, 4) is 0 Å². The number of aromatic nitrogens is 2. The third-order valence-electron chi connectivity index (χ3n) is 3.76. The van der Waals surface area contributed by atoms with E-state index in [1.54, 1.807) is 12.4 Å². The fraction of sp³-hybridized carbons (Fsp3) is 0.643. The zero-order valence-corrected chi connectivity index (χ0v) is 13.3. The van der Waals surface area contributed by atoms with Crippen molar-refractivity contribution in [2.45, 2.75) is 0 Å². The second kappa shape index (κ2) is 7.77. The van der Waals surface area contributed by atoms with Gasteiger partial charge in [-0.15, -0.1) is 0 Å². The lowest BCUT2D eigenvalue weighted by molar-refractivity contribution is 0.0367. The number of thiocarbonyl (C=S) groups is 1. The van der Waals surface area contributed by atoms with Crippen LogP contribution in [0.25, 0.3) is 0 Å². The van der Waals surface area contributed by atoms with Gasteiger partial charge in [0.1, 0.15) is 16.5 Å². The molecule has 1 N–H and O–H groups in total. The van der Waals surface area contributed by atoms with Gasteiger partial charge in [-0.05, 0) is 0 Å². The maximum absolute atomic E-state index is 5.44. The van der Waals surface area contributed by atoms with Crippen LogP contribution in [-0.2, 0) is 9.47 Å². The lowest BCUT2D eigenvalue weighted by atomic mass is 10.4. The van der Waals surface area contributed by atoms with E-state index >= 15 is 0 Å². The van der Waals surface area contributed by atoms with Gasteiger partial charge in [0, 0.05) is 26.2 Å². The number of anilines is 1. The Morgan fingerprint density at radius 2 is 1.77 bits per heavy atom. The molecule has 0 spiro atoms. The Balaban J connectivity index is 1.57. The van der Waals surface area contributed by atoms with Crippen molar-refractivity contribution in [1.29, 1.82) is 0 Å². The molecule has 1 aromatic rings. The molecule has 7 nitrogen and oxygen atoms in total. The van der Waals surface area contributed by atoms with E-state index in [-0.39, 0.29) is 0 Å². The van der Waals surface area contributed by atoms with E-state index in [1.165, 1.54) is 0 Å². The van der Waals surface area contributed by atoms with Crippen molar-refractivity contribution in [2.75, 3.05) is 64.2 Å². The summed E-state index contributed by atoms with van der Waals surface area (Å²) in [6.45, 7) is 7.26. The maximum Gasteiger partial charge on any atom is 0.148 e. The number of rotatable bonds is 4. The third kappa shape index (κ3) is 4.10. The molecule has 3 rings (SSSR count). The van der Waals surface area contributed by atoms with E-state index in [2.05, 4.69) is 25.1 Å². The first kappa shape index (κ1) is 15.5. The summed E-state index contributed by atoms with van der Waals surface area (Å²) in [6.07, 6.45) is 3.48. The second-order valence-electron chi connectivity index (χ2n) is 5.26. The predicted molar refractivity (Wildman–Crippen MR) is 87.2 cm³/mol. The summed E-state index contributed by atoms with van der Waals surface area (Å²) in [5.41, 5.74) is 0.715. The van der Waals surface area contributed by atoms with Crippen molar-refractivity contribution in [3.05, 3.63) is 18.1 Å². The molecule has 0 amide bonds. The van der Waals surface area contributed by atoms with Gasteiger partial charge in [-0.2, -0.15) is 0 Å². The minimum Gasteiger partial charge on any atom is -0.379 e. The number of nitrogens with one attached hydrogen (secondary N) is 1. The first-order valence-corrected chi connectivity index (χ1v) is 7.97. The Hall–Kier alpha value is -1.35. The SMILES string of the molecule is S=C(NCN1CCOCC1)c1cncc(N2CCOCC2)n1. The van der Waals surface area contributed by atoms with Crippen LogP contribution in [0.15, 0.2) is 12.4 Å². The summed E-state index contributed by atoms with van der Waals surface area (Å²) in [7, 11) is 0. The highest BCUT2D eigenvalue weighted by atomic mass is 32.1. The quantitative estimate of drug-likeness (QED) is 0.769. The van der Waals surface area contributed by atoms with Gasteiger partial charge in [0.15, 0.2) is 0 Å². The van der Waals surface area contributed by atoms with Crippen LogP contribution in [-0.4, -0.2) is 79.1 Å². The van der Waals surface area contributed by atoms with Gasteiger partial charge in [-0.3, -0.25) is 9.88 Å². The Kier molecular flexibility index (Phi) is 5.49. The summed E-state index contributed by atoms with van der Waals surface area (Å²) in [6, 6.07) is 0. The zero-order chi connectivity index (χ0) is 15.2. The second-order valence-corrected chi connectivity index (χ2v) is 5.66. The minimum absolute atomic E-state index is 0.633. The molecule has 8 heteroatoms. The van der Waals surface area contributed by atoms with E-state index in [0.717, 1.165) is 58.4 Å². The van der Waals surface area contributed by atoms with E-state index in [4.69, 9.17) is 21.7 Å². The number of hydrogen-bond donors (Lipinski definition) is 1. The molecule has 2 aliphatic rings. The third-order valence-corrected chi connectivity index (χ3v) is 4.11. The van der Waals surface area contributed by atoms with E-state index in [9.17, 15) is 0 Å². The van der Waals surface area contributed by atoms with Crippen LogP contribution < -0.4 is 10.2 Å². The van der Waals surface area contributed by atoms with E-state index < -0.39 is 0 Å². The van der Waals surface area contributed by atoms with Crippen LogP contribution in [0.3, 0.4) is 0 Å². The van der Waals surface area contributed by atoms with E-state index in [1.807, 2.05) is 0 Å². The molecular formula is C14H21N5O2S. The molecule has 0 saturated carbocycles. The highest BCUT2D eigenvalue weighted by molar-refractivity contribution is 7.80. The molecule has 0 aliphatic carbocycles. The van der Waals surface area contributed by atoms with Gasteiger partial charge in [0.2, 0.25) is 0 Å². The Labute approximate surface area is 135 Å². The molecule has 0 unspecified atom stereocenters. The molecule has 22 heavy (non-hydrogen) atoms. The highest BCUT2D eigenvalue weighted by Gasteiger charge is 2.15. The number of nitrogens with zero attached hydrogens (tertiary/aromatic N) is 4. The number of hydrogen-bond acceptors (Lipinski definition) is 7. The van der Waals surface area contributed by atoms with Crippen molar-refractivity contribution in [2.24, 2.45) is 0 Å². The van der Waals surface area contributed by atoms with Crippen molar-refractivity contribution < 1.29 is 9.47 Å². The van der Waals surface area contributed by atoms with Crippen molar-refractivity contribution >= 4 is 23.0 Å². The lowest BCUT2D eigenvalue weighted by Gasteiger charge is -2.28. The normalized spacial score (nSPS) is 19.9. The number of morpholine rings is 2. The Bertz CT molecular complexity index is 504. The standard InChI is InChI=1S/C14H21N5O2S/c22-14(16-11-18-1-5-20-6-2-18)12-9-15-10-13(17-12)19-3-7-21-8-4-19/h9-10H,1-8,11H2,(H,16,22). The molecule has 0 bridgehead atoms. The molecule has 120 valence electrons. The van der Waals surface area contributed by atoms with Crippen molar-refractivity contribution in [1.82, 2.24) is 20.2 Å². The predicted octanol–water partition coefficient (Wildman–Crippen LogP) is -0.132. The molecule has 1 aromatic heterocycles. The molecule has 3 heterocycles. The average Bonchev–Trinajstić information content (AvgIpc) is 2.61. The Morgan fingerprint density at radius 1 is 1.09 bits per heavy atom. The van der Waals surface area contributed by atoms with Crippen LogP contribution in [0.4, 0.5) is 5.82 Å². The summed E-state index contributed by atoms with van der Waals surface area (Å²) in [4.78, 5) is 14.0. The zero-order valence-electron chi connectivity index (χ0n) is 12.5. The fourth-order valence-corrected chi connectivity index (χ4v) is 2.61. The first-order chi connectivity index (χ1) is 10.8. The highest BCUT2D eigenvalue weighted by Crippen LogP contribution is 2.11. The summed E-state index contributed by atoms with van der Waals surface area (Å²) >= 11 is 5.44. The molecule has 0 radical (unpaired) electrons. The molecular weight excluding hydrogens is 302 g/mol. The fourth-order valence-electron chi connectivity index (χ4n) is 2.44. The topological polar surface area (TPSA) is 62.8 Å². The largest absolute Gasteiger partial charge is 0.379 e. The summed E-state index contributed by atoms with van der Waals surface area (Å²) < 4.78 is 10.7. The monoisotopic (exact) mass is 323 g/mol. The Morgan fingerprint density at radius 3 is 2.50 bits per heavy atom. The minimum atomic E-state index is 0.633. The first-order valence-electron chi connectivity index (χ1n) is 7.56. The van der Waals surface area contributed by atoms with Crippen molar-refractivity contribution in [3.63, 3.8) is 0 Å². The summed E-state index contributed by atoms with van der Waals surface area (Å²) in [5, 5.41) is 3.25. The van der Waals surface area contributed by atoms with Gasteiger partial charge >= 0.3 is 0 Å². The van der Waals surface area contributed by atoms with Crippen LogP contribution in [0, 0.1) is 0 Å². The van der Waals surface area contributed by atoms with Crippen LogP contribution in [0.5, 0.6) is 0 Å². The van der Waals surface area contributed by atoms with Gasteiger partial charge in [-0.1, -0.05) is 12.2 Å². The molecule has 0 aromatic carbocycles. The smallest absolute Gasteiger partial charge is 0.148 e. The molecule has 0 atom stereocenters. The van der Waals surface area contributed by atoms with Crippen LogP contribution in [0.1, 0.15) is 5.69 Å². The van der Waals surface area contributed by atoms with Gasteiger partial charge < -0.3 is 19.7 Å². The number of ether oxygens (including phenoxy) is 2. The molecule has 2 aliphatic heterocycles. The molecule has 2 fully saturated rings. The van der Waals surface area contributed by atoms with Crippen LogP contribution in [0.2, 0.25) is 0 Å². The van der Waals surface area contributed by atoms with E-state index in [0.29, 0.717) is 17.4 Å². The lowest BCUT2D eigenvalue weighted by Crippen LogP contribution is -2.43. The van der Waals surface area contributed by atoms with Gasteiger partial charge in [0.05, 0.1) is 45.5 Å². The summed E-state index contributed by atoms with van der Waals surface area (Å²) in [5.74, 6) is 0.858. The van der Waals surface area contributed by atoms with Crippen LogP contribution >= 0.6 is 12.2 Å². The maximum atomic E-state index is 5.44. The average molecular weight is 323 g/mol.